The Morgan fingerprint density at radius 1 is 1.53 bits per heavy atom. The fraction of sp³-hybridized carbons (Fsp3) is 0.545. The van der Waals surface area contributed by atoms with E-state index in [9.17, 15) is 5.11 Å². The topological polar surface area (TPSA) is 45.2 Å². The van der Waals surface area contributed by atoms with E-state index in [1.165, 1.54) is 0 Å². The van der Waals surface area contributed by atoms with Crippen molar-refractivity contribution in [3.8, 4) is 0 Å². The van der Waals surface area contributed by atoms with E-state index >= 15 is 0 Å². The summed E-state index contributed by atoms with van der Waals surface area (Å²) in [6.07, 6.45) is 1.75. The third kappa shape index (κ3) is 3.47. The molecule has 1 heterocycles. The minimum atomic E-state index is 0.0531. The fourth-order valence-electron chi connectivity index (χ4n) is 1.29. The van der Waals surface area contributed by atoms with Gasteiger partial charge in [-0.05, 0) is 40.4 Å². The van der Waals surface area contributed by atoms with Gasteiger partial charge in [-0.2, -0.15) is 0 Å². The highest BCUT2D eigenvalue weighted by Crippen LogP contribution is 2.18. The summed E-state index contributed by atoms with van der Waals surface area (Å²) in [7, 11) is 0. The van der Waals surface area contributed by atoms with Crippen molar-refractivity contribution in [2.45, 2.75) is 26.8 Å². The largest absolute Gasteiger partial charge is 0.394 e. The van der Waals surface area contributed by atoms with Gasteiger partial charge in [0.1, 0.15) is 5.82 Å². The van der Waals surface area contributed by atoms with Crippen LogP contribution in [0.1, 0.15) is 19.4 Å². The van der Waals surface area contributed by atoms with Crippen LogP contribution in [0.15, 0.2) is 16.7 Å². The van der Waals surface area contributed by atoms with Gasteiger partial charge in [-0.3, -0.25) is 0 Å². The Balaban J connectivity index is 2.79. The summed E-state index contributed by atoms with van der Waals surface area (Å²) in [4.78, 5) is 4.28. The van der Waals surface area contributed by atoms with Crippen LogP contribution < -0.4 is 5.32 Å². The van der Waals surface area contributed by atoms with Gasteiger partial charge in [-0.1, -0.05) is 13.8 Å². The summed E-state index contributed by atoms with van der Waals surface area (Å²) in [5, 5.41) is 12.4. The predicted octanol–water partition coefficient (Wildman–Crippen LogP) is 2.58. The standard InChI is InChI=1S/C11H17BrN2O/c1-7(2)10(6-15)14-11-8(3)4-9(12)5-13-11/h4-5,7,10,15H,6H2,1-3H3,(H,13,14)/t10-/m1/s1. The second-order valence-electron chi connectivity index (χ2n) is 4.00. The quantitative estimate of drug-likeness (QED) is 0.886. The van der Waals surface area contributed by atoms with Gasteiger partial charge in [-0.15, -0.1) is 0 Å². The summed E-state index contributed by atoms with van der Waals surface area (Å²) in [5.74, 6) is 1.21. The van der Waals surface area contributed by atoms with Crippen LogP contribution in [-0.2, 0) is 0 Å². The van der Waals surface area contributed by atoms with Gasteiger partial charge in [0.2, 0.25) is 0 Å². The van der Waals surface area contributed by atoms with Gasteiger partial charge < -0.3 is 10.4 Å². The SMILES string of the molecule is Cc1cc(Br)cnc1N[C@H](CO)C(C)C. The van der Waals surface area contributed by atoms with Crippen molar-refractivity contribution in [1.82, 2.24) is 4.98 Å². The van der Waals surface area contributed by atoms with Crippen molar-refractivity contribution in [3.63, 3.8) is 0 Å². The van der Waals surface area contributed by atoms with Gasteiger partial charge in [0.25, 0.3) is 0 Å². The number of aliphatic hydroxyl groups excluding tert-OH is 1. The minimum Gasteiger partial charge on any atom is -0.394 e. The number of hydrogen-bond acceptors (Lipinski definition) is 3. The molecule has 1 rings (SSSR count). The molecule has 84 valence electrons. The molecule has 0 saturated heterocycles. The fourth-order valence-corrected chi connectivity index (χ4v) is 1.74. The highest BCUT2D eigenvalue weighted by Gasteiger charge is 2.13. The number of aryl methyl sites for hydroxylation is 1. The lowest BCUT2D eigenvalue weighted by molar-refractivity contribution is 0.249. The lowest BCUT2D eigenvalue weighted by Crippen LogP contribution is -2.30. The Morgan fingerprint density at radius 2 is 2.20 bits per heavy atom. The Bertz CT molecular complexity index is 328. The number of pyridine rings is 1. The van der Waals surface area contributed by atoms with Crippen molar-refractivity contribution in [2.24, 2.45) is 5.92 Å². The van der Waals surface area contributed by atoms with E-state index in [1.807, 2.05) is 13.0 Å². The second-order valence-corrected chi connectivity index (χ2v) is 4.91. The van der Waals surface area contributed by atoms with E-state index in [0.29, 0.717) is 5.92 Å². The summed E-state index contributed by atoms with van der Waals surface area (Å²) in [6, 6.07) is 2.06. The predicted molar refractivity (Wildman–Crippen MR) is 66.0 cm³/mol. The van der Waals surface area contributed by atoms with E-state index in [2.05, 4.69) is 40.1 Å². The number of rotatable bonds is 4. The molecule has 0 aliphatic carbocycles. The first-order valence-electron chi connectivity index (χ1n) is 5.04. The number of aromatic nitrogens is 1. The van der Waals surface area contributed by atoms with Crippen LogP contribution in [-0.4, -0.2) is 22.7 Å². The molecule has 0 amide bonds. The first-order valence-corrected chi connectivity index (χ1v) is 5.83. The van der Waals surface area contributed by atoms with E-state index in [-0.39, 0.29) is 12.6 Å². The molecule has 3 nitrogen and oxygen atoms in total. The Kier molecular flexibility index (Phi) is 4.54. The molecule has 0 aliphatic heterocycles. The van der Waals surface area contributed by atoms with Gasteiger partial charge in [-0.25, -0.2) is 4.98 Å². The van der Waals surface area contributed by atoms with Crippen LogP contribution in [0.25, 0.3) is 0 Å². The summed E-state index contributed by atoms with van der Waals surface area (Å²) in [6.45, 7) is 6.26. The molecule has 2 N–H and O–H groups in total. The van der Waals surface area contributed by atoms with Crippen LogP contribution >= 0.6 is 15.9 Å². The lowest BCUT2D eigenvalue weighted by Gasteiger charge is -2.21. The van der Waals surface area contributed by atoms with Crippen LogP contribution in [0.2, 0.25) is 0 Å². The highest BCUT2D eigenvalue weighted by molar-refractivity contribution is 9.10. The maximum Gasteiger partial charge on any atom is 0.129 e. The number of hydrogen-bond donors (Lipinski definition) is 2. The van der Waals surface area contributed by atoms with Crippen LogP contribution in [0.3, 0.4) is 0 Å². The Hall–Kier alpha value is -0.610. The molecule has 1 aromatic heterocycles. The highest BCUT2D eigenvalue weighted by atomic mass is 79.9. The van der Waals surface area contributed by atoms with Crippen LogP contribution in [0.5, 0.6) is 0 Å². The molecule has 0 fully saturated rings. The van der Waals surface area contributed by atoms with Crippen molar-refractivity contribution in [3.05, 3.63) is 22.3 Å². The average Bonchev–Trinajstić information content (AvgIpc) is 2.16. The van der Waals surface area contributed by atoms with Gasteiger partial charge >= 0.3 is 0 Å². The monoisotopic (exact) mass is 272 g/mol. The Labute approximate surface area is 99.1 Å². The number of nitrogens with zero attached hydrogens (tertiary/aromatic N) is 1. The normalized spacial score (nSPS) is 12.9. The first-order chi connectivity index (χ1) is 7.04. The summed E-state index contributed by atoms with van der Waals surface area (Å²) >= 11 is 3.37. The summed E-state index contributed by atoms with van der Waals surface area (Å²) < 4.78 is 0.968. The molecule has 0 aliphatic rings. The van der Waals surface area contributed by atoms with Crippen molar-refractivity contribution < 1.29 is 5.11 Å². The molecule has 0 bridgehead atoms. The number of anilines is 1. The number of halogens is 1. The minimum absolute atomic E-state index is 0.0531. The van der Waals surface area contributed by atoms with E-state index < -0.39 is 0 Å². The molecule has 4 heteroatoms. The Morgan fingerprint density at radius 3 is 2.67 bits per heavy atom. The van der Waals surface area contributed by atoms with Crippen LogP contribution in [0, 0.1) is 12.8 Å². The first kappa shape index (κ1) is 12.5. The zero-order chi connectivity index (χ0) is 11.4. The molecule has 15 heavy (non-hydrogen) atoms. The average molecular weight is 273 g/mol. The van der Waals surface area contributed by atoms with Crippen molar-refractivity contribution in [1.29, 1.82) is 0 Å². The molecule has 0 radical (unpaired) electrons. The zero-order valence-electron chi connectivity index (χ0n) is 9.29. The molecular formula is C11H17BrN2O. The molecule has 0 saturated carbocycles. The van der Waals surface area contributed by atoms with Gasteiger partial charge in [0, 0.05) is 10.7 Å². The van der Waals surface area contributed by atoms with E-state index in [4.69, 9.17) is 0 Å². The number of aliphatic hydroxyl groups is 1. The summed E-state index contributed by atoms with van der Waals surface area (Å²) in [5.41, 5.74) is 1.07. The van der Waals surface area contributed by atoms with E-state index in [0.717, 1.165) is 15.9 Å². The molecule has 1 atom stereocenters. The van der Waals surface area contributed by atoms with Crippen molar-refractivity contribution >= 4 is 21.7 Å². The van der Waals surface area contributed by atoms with Crippen LogP contribution in [0.4, 0.5) is 5.82 Å². The number of nitrogens with one attached hydrogen (secondary N) is 1. The lowest BCUT2D eigenvalue weighted by atomic mass is 10.1. The molecule has 0 unspecified atom stereocenters. The third-order valence-electron chi connectivity index (χ3n) is 2.37. The maximum absolute atomic E-state index is 9.20. The van der Waals surface area contributed by atoms with Gasteiger partial charge in [0.15, 0.2) is 0 Å². The maximum atomic E-state index is 9.20. The molecular weight excluding hydrogens is 256 g/mol. The smallest absolute Gasteiger partial charge is 0.129 e. The second kappa shape index (κ2) is 5.47. The molecule has 0 aromatic carbocycles. The van der Waals surface area contributed by atoms with Crippen molar-refractivity contribution in [2.75, 3.05) is 11.9 Å². The third-order valence-corrected chi connectivity index (χ3v) is 2.80. The zero-order valence-corrected chi connectivity index (χ0v) is 10.9. The van der Waals surface area contributed by atoms with Gasteiger partial charge in [0.05, 0.1) is 12.6 Å². The van der Waals surface area contributed by atoms with E-state index in [1.54, 1.807) is 6.20 Å². The molecule has 1 aromatic rings. The molecule has 0 spiro atoms.